The highest BCUT2D eigenvalue weighted by atomic mass is 35.5. The maximum Gasteiger partial charge on any atom is 0.167 e. The molecule has 76 valence electrons. The topological polar surface area (TPSA) is 57.5 Å². The van der Waals surface area contributed by atoms with Crippen molar-refractivity contribution < 1.29 is 15.0 Å². The van der Waals surface area contributed by atoms with Crippen LogP contribution in [0, 0.1) is 6.92 Å². The highest BCUT2D eigenvalue weighted by Crippen LogP contribution is 2.27. The van der Waals surface area contributed by atoms with Gasteiger partial charge in [-0.15, -0.1) is 11.6 Å². The van der Waals surface area contributed by atoms with Crippen molar-refractivity contribution in [3.05, 3.63) is 23.3 Å². The molecule has 0 unspecified atom stereocenters. The second kappa shape index (κ2) is 4.33. The first kappa shape index (κ1) is 10.9. The molecule has 14 heavy (non-hydrogen) atoms. The van der Waals surface area contributed by atoms with Crippen LogP contribution in [-0.2, 0) is 0 Å². The largest absolute Gasteiger partial charge is 0.508 e. The third-order valence-electron chi connectivity index (χ3n) is 1.94. The van der Waals surface area contributed by atoms with Gasteiger partial charge in [0.2, 0.25) is 0 Å². The SMILES string of the molecule is Cc1cc(C(=O)CCCl)c(O)cc1O. The number of ketones is 1. The Kier molecular flexibility index (Phi) is 3.36. The van der Waals surface area contributed by atoms with Crippen LogP contribution in [0.15, 0.2) is 12.1 Å². The Morgan fingerprint density at radius 1 is 1.36 bits per heavy atom. The van der Waals surface area contributed by atoms with E-state index in [1.807, 2.05) is 0 Å². The number of phenols is 2. The van der Waals surface area contributed by atoms with Crippen molar-refractivity contribution in [3.8, 4) is 11.5 Å². The number of Topliss-reactive ketones (excluding diaryl/α,β-unsaturated/α-hetero) is 1. The molecular formula is C10H11ClO3. The van der Waals surface area contributed by atoms with Crippen molar-refractivity contribution in [2.24, 2.45) is 0 Å². The first-order valence-corrected chi connectivity index (χ1v) is 4.71. The Labute approximate surface area is 86.9 Å². The van der Waals surface area contributed by atoms with E-state index < -0.39 is 0 Å². The number of hydrogen-bond acceptors (Lipinski definition) is 3. The van der Waals surface area contributed by atoms with Crippen molar-refractivity contribution in [1.29, 1.82) is 0 Å². The van der Waals surface area contributed by atoms with E-state index in [-0.39, 0.29) is 35.1 Å². The van der Waals surface area contributed by atoms with E-state index in [0.29, 0.717) is 5.56 Å². The van der Waals surface area contributed by atoms with E-state index in [9.17, 15) is 15.0 Å². The third-order valence-corrected chi connectivity index (χ3v) is 2.13. The Morgan fingerprint density at radius 2 is 2.00 bits per heavy atom. The highest BCUT2D eigenvalue weighted by Gasteiger charge is 2.12. The molecule has 1 aromatic carbocycles. The summed E-state index contributed by atoms with van der Waals surface area (Å²) >= 11 is 5.42. The Balaban J connectivity index is 3.09. The van der Waals surface area contributed by atoms with Crippen LogP contribution in [0.4, 0.5) is 0 Å². The van der Waals surface area contributed by atoms with Gasteiger partial charge in [-0.1, -0.05) is 0 Å². The summed E-state index contributed by atoms with van der Waals surface area (Å²) in [5.41, 5.74) is 0.765. The number of phenolic OH excluding ortho intramolecular Hbond substituents is 2. The van der Waals surface area contributed by atoms with Gasteiger partial charge in [0.25, 0.3) is 0 Å². The van der Waals surface area contributed by atoms with Crippen molar-refractivity contribution in [1.82, 2.24) is 0 Å². The second-order valence-corrected chi connectivity index (χ2v) is 3.40. The zero-order chi connectivity index (χ0) is 10.7. The molecular weight excluding hydrogens is 204 g/mol. The second-order valence-electron chi connectivity index (χ2n) is 3.02. The fourth-order valence-corrected chi connectivity index (χ4v) is 1.30. The normalized spacial score (nSPS) is 10.1. The molecule has 1 rings (SSSR count). The van der Waals surface area contributed by atoms with Crippen molar-refractivity contribution in [2.45, 2.75) is 13.3 Å². The summed E-state index contributed by atoms with van der Waals surface area (Å²) in [4.78, 5) is 11.4. The van der Waals surface area contributed by atoms with Crippen LogP contribution < -0.4 is 0 Å². The third kappa shape index (κ3) is 2.17. The molecule has 0 aromatic heterocycles. The Hall–Kier alpha value is -1.22. The minimum absolute atomic E-state index is 0.0232. The molecule has 1 aromatic rings. The van der Waals surface area contributed by atoms with E-state index in [1.54, 1.807) is 6.92 Å². The van der Waals surface area contributed by atoms with Crippen LogP contribution in [0.3, 0.4) is 0 Å². The molecule has 2 N–H and O–H groups in total. The fraction of sp³-hybridized carbons (Fsp3) is 0.300. The van der Waals surface area contributed by atoms with Gasteiger partial charge in [-0.25, -0.2) is 0 Å². The lowest BCUT2D eigenvalue weighted by Crippen LogP contribution is -2.00. The molecule has 0 fully saturated rings. The van der Waals surface area contributed by atoms with Crippen LogP contribution in [0.5, 0.6) is 11.5 Å². The predicted molar refractivity (Wildman–Crippen MR) is 54.2 cm³/mol. The molecule has 0 saturated heterocycles. The van der Waals surface area contributed by atoms with E-state index in [2.05, 4.69) is 0 Å². The lowest BCUT2D eigenvalue weighted by Gasteiger charge is -2.05. The molecule has 0 aliphatic rings. The summed E-state index contributed by atoms with van der Waals surface area (Å²) in [5.74, 6) is -0.230. The molecule has 0 aliphatic carbocycles. The van der Waals surface area contributed by atoms with E-state index in [1.165, 1.54) is 6.07 Å². The monoisotopic (exact) mass is 214 g/mol. The number of rotatable bonds is 3. The van der Waals surface area contributed by atoms with Gasteiger partial charge in [-0.3, -0.25) is 4.79 Å². The van der Waals surface area contributed by atoms with Crippen LogP contribution in [0.2, 0.25) is 0 Å². The van der Waals surface area contributed by atoms with Gasteiger partial charge < -0.3 is 10.2 Å². The Bertz CT molecular complexity index is 361. The van der Waals surface area contributed by atoms with E-state index in [0.717, 1.165) is 6.07 Å². The molecule has 0 aliphatic heterocycles. The summed E-state index contributed by atoms with van der Waals surface area (Å²) in [6, 6.07) is 2.62. The average molecular weight is 215 g/mol. The van der Waals surface area contributed by atoms with Crippen molar-refractivity contribution in [2.75, 3.05) is 5.88 Å². The van der Waals surface area contributed by atoms with Crippen LogP contribution in [0.1, 0.15) is 22.3 Å². The maximum atomic E-state index is 11.4. The zero-order valence-corrected chi connectivity index (χ0v) is 8.51. The lowest BCUT2D eigenvalue weighted by atomic mass is 10.0. The number of hydrogen-bond donors (Lipinski definition) is 2. The number of alkyl halides is 1. The number of aromatic hydroxyl groups is 2. The standard InChI is InChI=1S/C10H11ClO3/c1-6-4-7(8(12)2-3-11)10(14)5-9(6)13/h4-5,13-14H,2-3H2,1H3. The first-order chi connectivity index (χ1) is 6.56. The number of carbonyl (C=O) groups is 1. The molecule has 0 saturated carbocycles. The molecule has 3 nitrogen and oxygen atoms in total. The van der Waals surface area contributed by atoms with E-state index in [4.69, 9.17) is 11.6 Å². The van der Waals surface area contributed by atoms with Crippen LogP contribution in [0.25, 0.3) is 0 Å². The molecule has 0 spiro atoms. The highest BCUT2D eigenvalue weighted by molar-refractivity contribution is 6.19. The summed E-state index contributed by atoms with van der Waals surface area (Å²) in [6.45, 7) is 1.66. The maximum absolute atomic E-state index is 11.4. The van der Waals surface area contributed by atoms with Gasteiger partial charge in [-0.05, 0) is 18.6 Å². The number of benzene rings is 1. The van der Waals surface area contributed by atoms with Crippen LogP contribution >= 0.6 is 11.6 Å². The lowest BCUT2D eigenvalue weighted by molar-refractivity contribution is 0.0986. The Morgan fingerprint density at radius 3 is 2.57 bits per heavy atom. The summed E-state index contributed by atoms with van der Waals surface area (Å²) in [5, 5.41) is 18.6. The van der Waals surface area contributed by atoms with Gasteiger partial charge in [0.05, 0.1) is 5.56 Å². The van der Waals surface area contributed by atoms with Gasteiger partial charge in [0, 0.05) is 18.4 Å². The predicted octanol–water partition coefficient (Wildman–Crippen LogP) is 2.22. The smallest absolute Gasteiger partial charge is 0.167 e. The molecule has 0 heterocycles. The molecule has 0 amide bonds. The minimum atomic E-state index is -0.222. The quantitative estimate of drug-likeness (QED) is 0.599. The van der Waals surface area contributed by atoms with Crippen molar-refractivity contribution in [3.63, 3.8) is 0 Å². The minimum Gasteiger partial charge on any atom is -0.508 e. The van der Waals surface area contributed by atoms with Crippen molar-refractivity contribution >= 4 is 17.4 Å². The van der Waals surface area contributed by atoms with Gasteiger partial charge in [-0.2, -0.15) is 0 Å². The first-order valence-electron chi connectivity index (χ1n) is 4.18. The molecule has 0 atom stereocenters. The zero-order valence-electron chi connectivity index (χ0n) is 7.75. The number of halogens is 1. The van der Waals surface area contributed by atoms with E-state index >= 15 is 0 Å². The summed E-state index contributed by atoms with van der Waals surface area (Å²) < 4.78 is 0. The summed E-state index contributed by atoms with van der Waals surface area (Å²) in [7, 11) is 0. The number of carbonyl (C=O) groups excluding carboxylic acids is 1. The van der Waals surface area contributed by atoms with Gasteiger partial charge in [0.1, 0.15) is 11.5 Å². The molecule has 4 heteroatoms. The summed E-state index contributed by atoms with van der Waals surface area (Å²) in [6.07, 6.45) is 0.180. The average Bonchev–Trinajstić information content (AvgIpc) is 2.11. The fourth-order valence-electron chi connectivity index (χ4n) is 1.13. The van der Waals surface area contributed by atoms with Gasteiger partial charge >= 0.3 is 0 Å². The molecule has 0 bridgehead atoms. The van der Waals surface area contributed by atoms with Crippen LogP contribution in [-0.4, -0.2) is 21.9 Å². The molecule has 0 radical (unpaired) electrons. The van der Waals surface area contributed by atoms with Gasteiger partial charge in [0.15, 0.2) is 5.78 Å². The number of aryl methyl sites for hydroxylation is 1.